The van der Waals surface area contributed by atoms with E-state index < -0.39 is 0 Å². The van der Waals surface area contributed by atoms with Crippen molar-refractivity contribution in [3.8, 4) is 0 Å². The summed E-state index contributed by atoms with van der Waals surface area (Å²) in [5, 5.41) is 0. The number of nitrogens with two attached hydrogens (primary N) is 1. The van der Waals surface area contributed by atoms with E-state index in [2.05, 4.69) is 40.7 Å². The van der Waals surface area contributed by atoms with E-state index >= 15 is 0 Å². The van der Waals surface area contributed by atoms with Crippen LogP contribution in [0.15, 0.2) is 10.5 Å². The second-order valence-electron chi connectivity index (χ2n) is 2.80. The van der Waals surface area contributed by atoms with Gasteiger partial charge in [-0.1, -0.05) is 6.92 Å². The molecule has 68 valence electrons. The van der Waals surface area contributed by atoms with Gasteiger partial charge in [0.1, 0.15) is 0 Å². The zero-order valence-electron chi connectivity index (χ0n) is 7.13. The minimum absolute atomic E-state index is 0.364. The van der Waals surface area contributed by atoms with Crippen molar-refractivity contribution in [2.24, 2.45) is 5.90 Å². The maximum absolute atomic E-state index is 5.01. The van der Waals surface area contributed by atoms with Crippen LogP contribution < -0.4 is 5.90 Å². The minimum Gasteiger partial charge on any atom is -0.304 e. The Morgan fingerprint density at radius 2 is 2.42 bits per heavy atom. The van der Waals surface area contributed by atoms with Gasteiger partial charge in [0.05, 0.1) is 6.61 Å². The van der Waals surface area contributed by atoms with E-state index in [9.17, 15) is 0 Å². The maximum Gasteiger partial charge on any atom is 0.0753 e. The molecule has 0 radical (unpaired) electrons. The molecular formula is C8H12BrNOS. The Morgan fingerprint density at radius 3 is 2.83 bits per heavy atom. The molecule has 0 aliphatic rings. The summed E-state index contributed by atoms with van der Waals surface area (Å²) in [4.78, 5) is 7.22. The predicted octanol–water partition coefficient (Wildman–Crippen LogP) is 2.81. The Labute approximate surface area is 84.8 Å². The van der Waals surface area contributed by atoms with Gasteiger partial charge in [-0.15, -0.1) is 11.3 Å². The van der Waals surface area contributed by atoms with Crippen molar-refractivity contribution in [1.82, 2.24) is 0 Å². The first-order valence-electron chi connectivity index (χ1n) is 3.72. The fourth-order valence-electron chi connectivity index (χ4n) is 1.06. The molecule has 12 heavy (non-hydrogen) atoms. The van der Waals surface area contributed by atoms with E-state index in [1.807, 2.05) is 0 Å². The van der Waals surface area contributed by atoms with E-state index in [0.29, 0.717) is 12.5 Å². The molecule has 0 bridgehead atoms. The summed E-state index contributed by atoms with van der Waals surface area (Å²) >= 11 is 5.28. The normalized spacial score (nSPS) is 13.3. The van der Waals surface area contributed by atoms with Crippen LogP contribution in [0.1, 0.15) is 22.6 Å². The van der Waals surface area contributed by atoms with Crippen LogP contribution in [-0.2, 0) is 4.84 Å². The molecule has 0 amide bonds. The topological polar surface area (TPSA) is 35.2 Å². The molecule has 1 aromatic heterocycles. The van der Waals surface area contributed by atoms with Crippen molar-refractivity contribution in [3.05, 3.63) is 20.3 Å². The summed E-state index contributed by atoms with van der Waals surface area (Å²) in [6, 6.07) is 2.12. The number of thiophene rings is 1. The van der Waals surface area contributed by atoms with Gasteiger partial charge in [0.2, 0.25) is 0 Å². The Kier molecular flexibility index (Phi) is 3.71. The second-order valence-corrected chi connectivity index (χ2v) is 4.95. The molecule has 2 N–H and O–H groups in total. The van der Waals surface area contributed by atoms with Gasteiger partial charge < -0.3 is 4.84 Å². The molecule has 1 rings (SSSR count). The Balaban J connectivity index is 2.79. The minimum atomic E-state index is 0.364. The predicted molar refractivity (Wildman–Crippen MR) is 55.3 cm³/mol. The highest BCUT2D eigenvalue weighted by Crippen LogP contribution is 2.32. The van der Waals surface area contributed by atoms with Crippen LogP contribution in [0.5, 0.6) is 0 Å². The average Bonchev–Trinajstić information content (AvgIpc) is 2.30. The monoisotopic (exact) mass is 249 g/mol. The molecule has 0 aliphatic carbocycles. The molecule has 1 atom stereocenters. The first-order chi connectivity index (χ1) is 5.65. The third-order valence-electron chi connectivity index (χ3n) is 1.63. The Morgan fingerprint density at radius 1 is 1.75 bits per heavy atom. The summed E-state index contributed by atoms with van der Waals surface area (Å²) in [7, 11) is 0. The zero-order chi connectivity index (χ0) is 9.14. The molecule has 0 spiro atoms. The third kappa shape index (κ3) is 2.29. The van der Waals surface area contributed by atoms with E-state index in [0.717, 1.165) is 4.47 Å². The Hall–Kier alpha value is 0.1000. The van der Waals surface area contributed by atoms with Gasteiger partial charge in [0.15, 0.2) is 0 Å². The van der Waals surface area contributed by atoms with Crippen LogP contribution >= 0.6 is 27.3 Å². The molecule has 1 heterocycles. The first-order valence-corrected chi connectivity index (χ1v) is 5.33. The summed E-state index contributed by atoms with van der Waals surface area (Å²) in [5.74, 6) is 5.38. The highest BCUT2D eigenvalue weighted by molar-refractivity contribution is 9.10. The Bertz CT molecular complexity index is 262. The van der Waals surface area contributed by atoms with Crippen molar-refractivity contribution >= 4 is 27.3 Å². The number of rotatable bonds is 3. The molecular weight excluding hydrogens is 238 g/mol. The summed E-state index contributed by atoms with van der Waals surface area (Å²) in [6.07, 6.45) is 0. The molecule has 0 aliphatic heterocycles. The van der Waals surface area contributed by atoms with Crippen LogP contribution in [-0.4, -0.2) is 6.61 Å². The number of hydrogen-bond donors (Lipinski definition) is 1. The van der Waals surface area contributed by atoms with E-state index in [-0.39, 0.29) is 0 Å². The number of hydrogen-bond acceptors (Lipinski definition) is 3. The van der Waals surface area contributed by atoms with Crippen molar-refractivity contribution in [2.45, 2.75) is 19.8 Å². The molecule has 1 aromatic rings. The number of halogens is 1. The van der Waals surface area contributed by atoms with Crippen molar-refractivity contribution in [2.75, 3.05) is 6.61 Å². The van der Waals surface area contributed by atoms with Gasteiger partial charge in [0.25, 0.3) is 0 Å². The average molecular weight is 250 g/mol. The van der Waals surface area contributed by atoms with Gasteiger partial charge >= 0.3 is 0 Å². The molecule has 1 unspecified atom stereocenters. The highest BCUT2D eigenvalue weighted by Gasteiger charge is 2.12. The molecule has 0 aromatic carbocycles. The lowest BCUT2D eigenvalue weighted by Crippen LogP contribution is -2.07. The van der Waals surface area contributed by atoms with E-state index in [1.54, 1.807) is 11.3 Å². The standard InChI is InChI=1S/C8H12BrNOS/c1-5(4-11-10)8-7(9)3-6(2)12-8/h3,5H,4,10H2,1-2H3. The van der Waals surface area contributed by atoms with Gasteiger partial charge in [-0.3, -0.25) is 0 Å². The van der Waals surface area contributed by atoms with Gasteiger partial charge in [-0.2, -0.15) is 0 Å². The molecule has 0 saturated carbocycles. The fraction of sp³-hybridized carbons (Fsp3) is 0.500. The van der Waals surface area contributed by atoms with Gasteiger partial charge in [0, 0.05) is 20.1 Å². The lowest BCUT2D eigenvalue weighted by atomic mass is 10.1. The molecule has 0 saturated heterocycles. The molecule has 0 fully saturated rings. The summed E-state index contributed by atoms with van der Waals surface area (Å²) in [6.45, 7) is 4.76. The SMILES string of the molecule is Cc1cc(Br)c(C(C)CON)s1. The van der Waals surface area contributed by atoms with Gasteiger partial charge in [-0.25, -0.2) is 5.90 Å². The smallest absolute Gasteiger partial charge is 0.0753 e. The summed E-state index contributed by atoms with van der Waals surface area (Å²) < 4.78 is 1.16. The van der Waals surface area contributed by atoms with E-state index in [1.165, 1.54) is 9.75 Å². The molecule has 2 nitrogen and oxygen atoms in total. The fourth-order valence-corrected chi connectivity index (χ4v) is 3.14. The van der Waals surface area contributed by atoms with E-state index in [4.69, 9.17) is 5.90 Å². The van der Waals surface area contributed by atoms with Crippen molar-refractivity contribution in [1.29, 1.82) is 0 Å². The largest absolute Gasteiger partial charge is 0.304 e. The third-order valence-corrected chi connectivity index (χ3v) is 3.83. The van der Waals surface area contributed by atoms with Crippen LogP contribution in [0.25, 0.3) is 0 Å². The quantitative estimate of drug-likeness (QED) is 0.837. The van der Waals surface area contributed by atoms with Crippen LogP contribution in [0, 0.1) is 6.92 Å². The highest BCUT2D eigenvalue weighted by atomic mass is 79.9. The number of aryl methyl sites for hydroxylation is 1. The second kappa shape index (κ2) is 4.37. The van der Waals surface area contributed by atoms with Crippen LogP contribution in [0.3, 0.4) is 0 Å². The van der Waals surface area contributed by atoms with Crippen molar-refractivity contribution < 1.29 is 4.84 Å². The zero-order valence-corrected chi connectivity index (χ0v) is 9.54. The van der Waals surface area contributed by atoms with Crippen molar-refractivity contribution in [3.63, 3.8) is 0 Å². The first kappa shape index (κ1) is 10.2. The molecule has 4 heteroatoms. The lowest BCUT2D eigenvalue weighted by molar-refractivity contribution is 0.127. The van der Waals surface area contributed by atoms with Crippen LogP contribution in [0.4, 0.5) is 0 Å². The van der Waals surface area contributed by atoms with Crippen LogP contribution in [0.2, 0.25) is 0 Å². The summed E-state index contributed by atoms with van der Waals surface area (Å²) in [5.41, 5.74) is 0. The maximum atomic E-state index is 5.01. The van der Waals surface area contributed by atoms with Gasteiger partial charge in [-0.05, 0) is 28.9 Å². The lowest BCUT2D eigenvalue weighted by Gasteiger charge is -2.07.